The maximum atomic E-state index is 5.40. The smallest absolute Gasteiger partial charge is 0.195 e. The van der Waals surface area contributed by atoms with Crippen LogP contribution in [0.3, 0.4) is 0 Å². The lowest BCUT2D eigenvalue weighted by atomic mass is 10.2. The van der Waals surface area contributed by atoms with Crippen LogP contribution in [0.1, 0.15) is 25.2 Å². The predicted octanol–water partition coefficient (Wildman–Crippen LogP) is -1.55. The van der Waals surface area contributed by atoms with E-state index in [-0.39, 0.29) is 0 Å². The number of quaternary nitrogens is 2. The van der Waals surface area contributed by atoms with Crippen LogP contribution in [0.5, 0.6) is 0 Å². The largest absolute Gasteiger partial charge is 0.370 e. The first-order valence-electron chi connectivity index (χ1n) is 7.50. The zero-order valence-electron chi connectivity index (χ0n) is 12.7. The van der Waals surface area contributed by atoms with Crippen LogP contribution in [-0.4, -0.2) is 61.7 Å². The number of nitrogens with zero attached hydrogens (tertiary/aromatic N) is 2. The molecular weight excluding hydrogens is 274 g/mol. The van der Waals surface area contributed by atoms with Crippen molar-refractivity contribution < 1.29 is 14.5 Å². The van der Waals surface area contributed by atoms with E-state index >= 15 is 0 Å². The van der Waals surface area contributed by atoms with E-state index in [0.29, 0.717) is 6.04 Å². The Morgan fingerprint density at radius 3 is 2.75 bits per heavy atom. The molecule has 3 N–H and O–H groups in total. The number of nitrogens with one attached hydrogen (secondary N) is 3. The molecule has 0 aromatic carbocycles. The third-order valence-corrected chi connectivity index (χ3v) is 4.41. The Morgan fingerprint density at radius 1 is 1.45 bits per heavy atom. The van der Waals surface area contributed by atoms with E-state index in [1.165, 1.54) is 4.90 Å². The Balaban J connectivity index is 2.06. The van der Waals surface area contributed by atoms with Crippen molar-refractivity contribution in [2.45, 2.75) is 25.9 Å². The second kappa shape index (κ2) is 7.31. The van der Waals surface area contributed by atoms with Gasteiger partial charge in [0.25, 0.3) is 0 Å². The molecular formula is C13H27N5OS+2. The normalized spacial score (nSPS) is 18.6. The fourth-order valence-corrected chi connectivity index (χ4v) is 3.07. The average molecular weight is 301 g/mol. The number of aromatic nitrogens is 3. The quantitative estimate of drug-likeness (QED) is 0.558. The molecule has 1 aromatic rings. The SMILES string of the molecule is CC[C@H](c1n[nH]c(=S)n1CC[NH+]1CCOCC1)[NH+](C)C. The molecule has 20 heavy (non-hydrogen) atoms. The molecule has 1 fully saturated rings. The van der Waals surface area contributed by atoms with Crippen molar-refractivity contribution in [3.05, 3.63) is 10.6 Å². The first-order chi connectivity index (χ1) is 9.63. The van der Waals surface area contributed by atoms with E-state index in [2.05, 4.69) is 35.8 Å². The molecule has 0 radical (unpaired) electrons. The van der Waals surface area contributed by atoms with Crippen molar-refractivity contribution >= 4 is 12.2 Å². The zero-order valence-corrected chi connectivity index (χ0v) is 13.6. The molecule has 0 bridgehead atoms. The Kier molecular flexibility index (Phi) is 5.71. The highest BCUT2D eigenvalue weighted by Gasteiger charge is 2.23. The van der Waals surface area contributed by atoms with Crippen molar-refractivity contribution in [1.82, 2.24) is 14.8 Å². The molecule has 0 aliphatic carbocycles. The van der Waals surface area contributed by atoms with Crippen LogP contribution in [0.15, 0.2) is 0 Å². The van der Waals surface area contributed by atoms with E-state index < -0.39 is 0 Å². The molecule has 1 aliphatic heterocycles. The molecule has 2 heterocycles. The highest BCUT2D eigenvalue weighted by Crippen LogP contribution is 2.10. The van der Waals surface area contributed by atoms with Gasteiger partial charge in [0.15, 0.2) is 10.6 Å². The Hall–Kier alpha value is -0.760. The summed E-state index contributed by atoms with van der Waals surface area (Å²) in [7, 11) is 4.34. The number of aromatic amines is 1. The summed E-state index contributed by atoms with van der Waals surface area (Å²) in [5.74, 6) is 1.09. The van der Waals surface area contributed by atoms with Crippen LogP contribution in [0, 0.1) is 4.77 Å². The highest BCUT2D eigenvalue weighted by atomic mass is 32.1. The Bertz CT molecular complexity index is 464. The van der Waals surface area contributed by atoms with E-state index in [0.717, 1.165) is 56.4 Å². The predicted molar refractivity (Wildman–Crippen MR) is 79.6 cm³/mol. The lowest BCUT2D eigenvalue weighted by Crippen LogP contribution is -3.14. The first-order valence-corrected chi connectivity index (χ1v) is 7.90. The number of rotatable bonds is 6. The van der Waals surface area contributed by atoms with Gasteiger partial charge in [-0.05, 0) is 12.2 Å². The van der Waals surface area contributed by atoms with Gasteiger partial charge in [-0.25, -0.2) is 0 Å². The van der Waals surface area contributed by atoms with E-state index in [4.69, 9.17) is 17.0 Å². The number of ether oxygens (including phenoxy) is 1. The zero-order chi connectivity index (χ0) is 14.5. The van der Waals surface area contributed by atoms with Crippen LogP contribution in [0.4, 0.5) is 0 Å². The van der Waals surface area contributed by atoms with Crippen LogP contribution in [-0.2, 0) is 11.3 Å². The van der Waals surface area contributed by atoms with E-state index in [1.54, 1.807) is 4.90 Å². The molecule has 1 aromatic heterocycles. The summed E-state index contributed by atoms with van der Waals surface area (Å²) >= 11 is 5.40. The molecule has 114 valence electrons. The minimum Gasteiger partial charge on any atom is -0.370 e. The van der Waals surface area contributed by atoms with Crippen molar-refractivity contribution in [3.8, 4) is 0 Å². The highest BCUT2D eigenvalue weighted by molar-refractivity contribution is 7.71. The molecule has 0 saturated carbocycles. The molecule has 1 atom stereocenters. The van der Waals surface area contributed by atoms with Gasteiger partial charge in [-0.15, -0.1) is 0 Å². The summed E-state index contributed by atoms with van der Waals surface area (Å²) in [5.41, 5.74) is 0. The summed E-state index contributed by atoms with van der Waals surface area (Å²) in [4.78, 5) is 2.98. The third kappa shape index (κ3) is 3.66. The summed E-state index contributed by atoms with van der Waals surface area (Å²) in [5, 5.41) is 7.43. The third-order valence-electron chi connectivity index (χ3n) is 4.09. The fraction of sp³-hybridized carbons (Fsp3) is 0.846. The molecule has 0 amide bonds. The molecule has 6 nitrogen and oxygen atoms in total. The number of H-pyrrole nitrogens is 1. The second-order valence-electron chi connectivity index (χ2n) is 5.69. The standard InChI is InChI=1S/C13H25N5OS/c1-4-11(16(2)3)12-14-15-13(20)18(12)6-5-17-7-9-19-10-8-17/h11H,4-10H2,1-3H3,(H,15,20)/p+2/t11-/m1/s1. The summed E-state index contributed by atoms with van der Waals surface area (Å²) in [6.45, 7) is 8.16. The fourth-order valence-electron chi connectivity index (χ4n) is 2.84. The summed E-state index contributed by atoms with van der Waals surface area (Å²) < 4.78 is 8.32. The average Bonchev–Trinajstić information content (AvgIpc) is 2.79. The molecule has 0 unspecified atom stereocenters. The van der Waals surface area contributed by atoms with Crippen molar-refractivity contribution in [2.75, 3.05) is 46.9 Å². The van der Waals surface area contributed by atoms with Gasteiger partial charge in [-0.2, -0.15) is 5.10 Å². The van der Waals surface area contributed by atoms with E-state index in [1.807, 2.05) is 0 Å². The number of hydrogen-bond acceptors (Lipinski definition) is 3. The van der Waals surface area contributed by atoms with Gasteiger partial charge in [0.05, 0.1) is 40.4 Å². The Morgan fingerprint density at radius 2 is 2.15 bits per heavy atom. The number of morpholine rings is 1. The second-order valence-corrected chi connectivity index (χ2v) is 6.08. The van der Waals surface area contributed by atoms with Gasteiger partial charge < -0.3 is 14.5 Å². The van der Waals surface area contributed by atoms with Crippen molar-refractivity contribution in [1.29, 1.82) is 0 Å². The maximum Gasteiger partial charge on any atom is 0.195 e. The topological polar surface area (TPSA) is 51.7 Å². The van der Waals surface area contributed by atoms with Crippen LogP contribution in [0.25, 0.3) is 0 Å². The molecule has 7 heteroatoms. The van der Waals surface area contributed by atoms with Crippen molar-refractivity contribution in [3.63, 3.8) is 0 Å². The summed E-state index contributed by atoms with van der Waals surface area (Å²) in [6, 6.07) is 0.391. The number of hydrogen-bond donors (Lipinski definition) is 3. The minimum atomic E-state index is 0.391. The lowest BCUT2D eigenvalue weighted by molar-refractivity contribution is -0.908. The molecule has 0 spiro atoms. The van der Waals surface area contributed by atoms with Crippen LogP contribution in [0.2, 0.25) is 0 Å². The van der Waals surface area contributed by atoms with Gasteiger partial charge in [-0.3, -0.25) is 9.67 Å². The van der Waals surface area contributed by atoms with Gasteiger partial charge in [0.1, 0.15) is 19.1 Å². The van der Waals surface area contributed by atoms with Crippen LogP contribution < -0.4 is 9.80 Å². The first kappa shape index (κ1) is 15.6. The van der Waals surface area contributed by atoms with Crippen LogP contribution >= 0.6 is 12.2 Å². The lowest BCUT2D eigenvalue weighted by Gasteiger charge is -2.24. The monoisotopic (exact) mass is 301 g/mol. The van der Waals surface area contributed by atoms with Gasteiger partial charge in [-0.1, -0.05) is 6.92 Å². The molecule has 2 rings (SSSR count). The molecule has 1 aliphatic rings. The van der Waals surface area contributed by atoms with Crippen molar-refractivity contribution in [2.24, 2.45) is 0 Å². The summed E-state index contributed by atoms with van der Waals surface area (Å²) in [6.07, 6.45) is 1.06. The van der Waals surface area contributed by atoms with Gasteiger partial charge in [0.2, 0.25) is 0 Å². The minimum absolute atomic E-state index is 0.391. The van der Waals surface area contributed by atoms with Gasteiger partial charge in [0, 0.05) is 6.42 Å². The van der Waals surface area contributed by atoms with Gasteiger partial charge >= 0.3 is 0 Å². The Labute approximate surface area is 125 Å². The van der Waals surface area contributed by atoms with E-state index in [9.17, 15) is 0 Å². The maximum absolute atomic E-state index is 5.40. The molecule has 1 saturated heterocycles.